The van der Waals surface area contributed by atoms with E-state index < -0.39 is 17.7 Å². The molecule has 0 amide bonds. The van der Waals surface area contributed by atoms with Crippen molar-refractivity contribution in [3.63, 3.8) is 0 Å². The Bertz CT molecular complexity index is 1090. The highest BCUT2D eigenvalue weighted by Gasteiger charge is 2.24. The van der Waals surface area contributed by atoms with Crippen molar-refractivity contribution in [1.82, 2.24) is 14.7 Å². The van der Waals surface area contributed by atoms with Crippen LogP contribution in [-0.2, 0) is 11.3 Å². The molecule has 0 aliphatic carbocycles. The molecule has 1 N–H and O–H groups in total. The fourth-order valence-electron chi connectivity index (χ4n) is 3.50. The number of aliphatic hydroxyl groups excluding tert-OH is 1. The molecule has 0 bridgehead atoms. The van der Waals surface area contributed by atoms with Gasteiger partial charge in [-0.25, -0.2) is 13.5 Å². The van der Waals surface area contributed by atoms with E-state index in [2.05, 4.69) is 16.6 Å². The fraction of sp³-hybridized carbons (Fsp3) is 0.346. The van der Waals surface area contributed by atoms with Crippen LogP contribution in [0.25, 0.3) is 5.69 Å². The summed E-state index contributed by atoms with van der Waals surface area (Å²) in [5, 5.41) is 15.1. The van der Waals surface area contributed by atoms with Gasteiger partial charge in [-0.3, -0.25) is 4.90 Å². The zero-order valence-electron chi connectivity index (χ0n) is 19.7. The van der Waals surface area contributed by atoms with E-state index in [1.165, 1.54) is 6.07 Å². The Morgan fingerprint density at radius 3 is 2.56 bits per heavy atom. The molecular formula is C26H31F2N3O3. The minimum atomic E-state index is -0.806. The van der Waals surface area contributed by atoms with Gasteiger partial charge >= 0.3 is 0 Å². The SMILES string of the molecule is C=CCOC[C@@H](O)CN(Cc1c(C)nn(-c2ccccc2)c1Oc1ccc(F)cc1F)C(C)C. The summed E-state index contributed by atoms with van der Waals surface area (Å²) < 4.78 is 40.9. The number of aliphatic hydroxyl groups is 1. The van der Waals surface area contributed by atoms with Gasteiger partial charge in [-0.15, -0.1) is 6.58 Å². The first-order valence-electron chi connectivity index (χ1n) is 11.2. The van der Waals surface area contributed by atoms with E-state index in [1.807, 2.05) is 51.1 Å². The minimum Gasteiger partial charge on any atom is -0.435 e. The molecule has 0 aliphatic rings. The normalized spacial score (nSPS) is 12.4. The summed E-state index contributed by atoms with van der Waals surface area (Å²) in [4.78, 5) is 2.06. The Hall–Kier alpha value is -3.07. The van der Waals surface area contributed by atoms with Gasteiger partial charge in [0.15, 0.2) is 11.6 Å². The first-order chi connectivity index (χ1) is 16.3. The zero-order chi connectivity index (χ0) is 24.7. The molecule has 6 nitrogen and oxygen atoms in total. The van der Waals surface area contributed by atoms with E-state index >= 15 is 0 Å². The summed E-state index contributed by atoms with van der Waals surface area (Å²) in [6.07, 6.45) is 0.928. The molecule has 1 heterocycles. The van der Waals surface area contributed by atoms with Crippen molar-refractivity contribution in [2.24, 2.45) is 0 Å². The van der Waals surface area contributed by atoms with Crippen molar-refractivity contribution < 1.29 is 23.4 Å². The highest BCUT2D eigenvalue weighted by atomic mass is 19.1. The van der Waals surface area contributed by atoms with Crippen LogP contribution in [0.15, 0.2) is 61.2 Å². The Labute approximate surface area is 199 Å². The highest BCUT2D eigenvalue weighted by Crippen LogP contribution is 2.33. The summed E-state index contributed by atoms with van der Waals surface area (Å²) in [5.74, 6) is -1.26. The van der Waals surface area contributed by atoms with E-state index in [9.17, 15) is 13.9 Å². The molecule has 182 valence electrons. The predicted molar refractivity (Wildman–Crippen MR) is 127 cm³/mol. The van der Waals surface area contributed by atoms with Gasteiger partial charge in [-0.1, -0.05) is 24.3 Å². The lowest BCUT2D eigenvalue weighted by Crippen LogP contribution is -2.39. The molecule has 0 unspecified atom stereocenters. The number of nitrogens with zero attached hydrogens (tertiary/aromatic N) is 3. The van der Waals surface area contributed by atoms with Crippen molar-refractivity contribution in [1.29, 1.82) is 0 Å². The Morgan fingerprint density at radius 1 is 1.18 bits per heavy atom. The largest absolute Gasteiger partial charge is 0.435 e. The highest BCUT2D eigenvalue weighted by molar-refractivity contribution is 5.43. The first-order valence-corrected chi connectivity index (χ1v) is 11.2. The smallest absolute Gasteiger partial charge is 0.227 e. The second-order valence-electron chi connectivity index (χ2n) is 8.30. The lowest BCUT2D eigenvalue weighted by Gasteiger charge is -2.29. The molecular weight excluding hydrogens is 440 g/mol. The zero-order valence-corrected chi connectivity index (χ0v) is 19.7. The van der Waals surface area contributed by atoms with Gasteiger partial charge in [-0.05, 0) is 45.0 Å². The number of aryl methyl sites for hydroxylation is 1. The summed E-state index contributed by atoms with van der Waals surface area (Å²) in [7, 11) is 0. The van der Waals surface area contributed by atoms with Crippen molar-refractivity contribution in [2.75, 3.05) is 19.8 Å². The van der Waals surface area contributed by atoms with Crippen LogP contribution in [0.2, 0.25) is 0 Å². The molecule has 0 saturated heterocycles. The second-order valence-corrected chi connectivity index (χ2v) is 8.30. The lowest BCUT2D eigenvalue weighted by atomic mass is 10.2. The molecule has 0 spiro atoms. The number of hydrogen-bond acceptors (Lipinski definition) is 5. The summed E-state index contributed by atoms with van der Waals surface area (Å²) in [5.41, 5.74) is 2.17. The topological polar surface area (TPSA) is 59.8 Å². The van der Waals surface area contributed by atoms with Crippen molar-refractivity contribution in [2.45, 2.75) is 39.5 Å². The molecule has 2 aromatic carbocycles. The van der Waals surface area contributed by atoms with Gasteiger partial charge in [0.25, 0.3) is 0 Å². The Kier molecular flexibility index (Phi) is 8.92. The maximum absolute atomic E-state index is 14.5. The maximum Gasteiger partial charge on any atom is 0.227 e. The number of aromatic nitrogens is 2. The van der Waals surface area contributed by atoms with E-state index in [1.54, 1.807) is 10.8 Å². The van der Waals surface area contributed by atoms with Crippen LogP contribution in [0.3, 0.4) is 0 Å². The maximum atomic E-state index is 14.5. The molecule has 0 aliphatic heterocycles. The molecule has 0 radical (unpaired) electrons. The van der Waals surface area contributed by atoms with Crippen LogP contribution >= 0.6 is 0 Å². The molecule has 0 saturated carbocycles. The first kappa shape index (κ1) is 25.6. The number of benzene rings is 2. The minimum absolute atomic E-state index is 0.0870. The van der Waals surface area contributed by atoms with Gasteiger partial charge in [0, 0.05) is 25.2 Å². The third-order valence-electron chi connectivity index (χ3n) is 5.32. The van der Waals surface area contributed by atoms with Crippen LogP contribution in [0, 0.1) is 18.6 Å². The standard InChI is InChI=1S/C26H31F2N3O3/c1-5-13-33-17-22(32)15-30(18(2)3)16-23-19(4)29-31(21-9-7-6-8-10-21)26(23)34-25-12-11-20(27)14-24(25)28/h5-12,14,18,22,32H,1,13,15-17H2,2-4H3/t22-/m0/s1. The molecule has 0 fully saturated rings. The molecule has 3 rings (SSSR count). The molecule has 3 aromatic rings. The van der Waals surface area contributed by atoms with Crippen molar-refractivity contribution in [3.8, 4) is 17.3 Å². The summed E-state index contributed by atoms with van der Waals surface area (Å²) in [6.45, 7) is 10.8. The predicted octanol–water partition coefficient (Wildman–Crippen LogP) is 5.03. The van der Waals surface area contributed by atoms with E-state index in [0.717, 1.165) is 23.4 Å². The van der Waals surface area contributed by atoms with Crippen molar-refractivity contribution in [3.05, 3.63) is 84.1 Å². The summed E-state index contributed by atoms with van der Waals surface area (Å²) in [6, 6.07) is 12.6. The van der Waals surface area contributed by atoms with Gasteiger partial charge in [0.05, 0.1) is 36.3 Å². The van der Waals surface area contributed by atoms with E-state index in [0.29, 0.717) is 31.3 Å². The molecule has 34 heavy (non-hydrogen) atoms. The van der Waals surface area contributed by atoms with Crippen LogP contribution in [0.5, 0.6) is 11.6 Å². The fourth-order valence-corrected chi connectivity index (χ4v) is 3.50. The quantitative estimate of drug-likeness (QED) is 0.297. The lowest BCUT2D eigenvalue weighted by molar-refractivity contribution is 0.0176. The Morgan fingerprint density at radius 2 is 1.91 bits per heavy atom. The Balaban J connectivity index is 1.96. The average molecular weight is 472 g/mol. The number of ether oxygens (including phenoxy) is 2. The van der Waals surface area contributed by atoms with Gasteiger partial charge in [0.2, 0.25) is 5.88 Å². The number of hydrogen-bond donors (Lipinski definition) is 1. The van der Waals surface area contributed by atoms with Gasteiger partial charge in [0.1, 0.15) is 5.82 Å². The third kappa shape index (κ3) is 6.50. The molecule has 1 atom stereocenters. The second kappa shape index (κ2) is 11.9. The third-order valence-corrected chi connectivity index (χ3v) is 5.32. The van der Waals surface area contributed by atoms with Crippen LogP contribution in [0.4, 0.5) is 8.78 Å². The number of halogens is 2. The van der Waals surface area contributed by atoms with Crippen molar-refractivity contribution >= 4 is 0 Å². The van der Waals surface area contributed by atoms with E-state index in [4.69, 9.17) is 9.47 Å². The number of para-hydroxylation sites is 1. The molecule has 1 aromatic heterocycles. The van der Waals surface area contributed by atoms with Gasteiger partial charge in [-0.2, -0.15) is 5.10 Å². The monoisotopic (exact) mass is 471 g/mol. The molecule has 8 heteroatoms. The van der Waals surface area contributed by atoms with Gasteiger partial charge < -0.3 is 14.6 Å². The van der Waals surface area contributed by atoms with Crippen LogP contribution < -0.4 is 4.74 Å². The number of rotatable bonds is 12. The van der Waals surface area contributed by atoms with E-state index in [-0.39, 0.29) is 18.4 Å². The van der Waals surface area contributed by atoms with Crippen LogP contribution in [0.1, 0.15) is 25.1 Å². The average Bonchev–Trinajstić information content (AvgIpc) is 3.11. The summed E-state index contributed by atoms with van der Waals surface area (Å²) >= 11 is 0. The van der Waals surface area contributed by atoms with Crippen LogP contribution in [-0.4, -0.2) is 51.7 Å².